The van der Waals surface area contributed by atoms with Crippen molar-refractivity contribution in [1.29, 1.82) is 0 Å². The maximum Gasteiger partial charge on any atom is 0.329 e. The lowest BCUT2D eigenvalue weighted by atomic mass is 9.93. The molecule has 6 rings (SSSR count). The summed E-state index contributed by atoms with van der Waals surface area (Å²) in [5, 5.41) is 14.8. The van der Waals surface area contributed by atoms with Gasteiger partial charge in [0.2, 0.25) is 29.5 Å². The van der Waals surface area contributed by atoms with E-state index in [0.717, 1.165) is 0 Å². The largest absolute Gasteiger partial charge is 0.458 e. The number of cyclic esters (lactones) is 1. The van der Waals surface area contributed by atoms with E-state index in [-0.39, 0.29) is 36.7 Å². The van der Waals surface area contributed by atoms with Crippen LogP contribution in [-0.2, 0) is 45.3 Å². The van der Waals surface area contributed by atoms with E-state index < -0.39 is 83.9 Å². The number of hydrogen-bond donors (Lipinski definition) is 4. The first-order chi connectivity index (χ1) is 27.5. The number of carbonyl (C=O) groups is 7. The molecule has 7 amide bonds. The van der Waals surface area contributed by atoms with Gasteiger partial charge in [-0.15, -0.1) is 0 Å². The lowest BCUT2D eigenvalue weighted by Crippen LogP contribution is -2.63. The van der Waals surface area contributed by atoms with E-state index in [1.54, 1.807) is 37.3 Å². The number of rotatable bonds is 6. The highest BCUT2D eigenvalue weighted by Gasteiger charge is 2.47. The van der Waals surface area contributed by atoms with Gasteiger partial charge in [-0.25, -0.2) is 9.59 Å². The maximum absolute atomic E-state index is 14.7. The highest BCUT2D eigenvalue weighted by molar-refractivity contribution is 5.98. The maximum atomic E-state index is 14.7. The summed E-state index contributed by atoms with van der Waals surface area (Å²) in [6.07, 6.45) is 1.63. The Morgan fingerprint density at radius 2 is 1.57 bits per heavy atom. The summed E-state index contributed by atoms with van der Waals surface area (Å²) < 4.78 is 11.3. The van der Waals surface area contributed by atoms with E-state index in [4.69, 9.17) is 9.26 Å². The molecule has 8 atom stereocenters. The third kappa shape index (κ3) is 9.45. The van der Waals surface area contributed by atoms with Crippen molar-refractivity contribution < 1.29 is 42.8 Å². The van der Waals surface area contributed by atoms with E-state index >= 15 is 0 Å². The van der Waals surface area contributed by atoms with Gasteiger partial charge in [-0.1, -0.05) is 63.2 Å². The first kappa shape index (κ1) is 42.1. The number of urea groups is 1. The predicted molar refractivity (Wildman–Crippen MR) is 210 cm³/mol. The molecule has 4 saturated heterocycles. The van der Waals surface area contributed by atoms with Crippen LogP contribution in [0.5, 0.6) is 0 Å². The molecule has 1 aromatic heterocycles. The van der Waals surface area contributed by atoms with Gasteiger partial charge in [-0.2, -0.15) is 0 Å². The molecule has 58 heavy (non-hydrogen) atoms. The van der Waals surface area contributed by atoms with Crippen LogP contribution in [0.3, 0.4) is 0 Å². The highest BCUT2D eigenvalue weighted by atomic mass is 16.5. The van der Waals surface area contributed by atoms with Gasteiger partial charge < -0.3 is 39.9 Å². The second-order valence-electron chi connectivity index (χ2n) is 17.1. The number of ether oxygens (including phenoxy) is 1. The first-order valence-corrected chi connectivity index (χ1v) is 20.3. The van der Waals surface area contributed by atoms with Gasteiger partial charge in [0.05, 0.1) is 0 Å². The average Bonchev–Trinajstić information content (AvgIpc) is 3.96. The number of aromatic nitrogens is 1. The van der Waals surface area contributed by atoms with Crippen molar-refractivity contribution in [2.45, 2.75) is 134 Å². The predicted octanol–water partition coefficient (Wildman–Crippen LogP) is 2.25. The Bertz CT molecular complexity index is 1880. The summed E-state index contributed by atoms with van der Waals surface area (Å²) in [6, 6.07) is 3.33. The van der Waals surface area contributed by atoms with Crippen molar-refractivity contribution in [3.63, 3.8) is 0 Å². The van der Waals surface area contributed by atoms with Gasteiger partial charge in [-0.3, -0.25) is 29.3 Å². The Kier molecular flexibility index (Phi) is 12.8. The Morgan fingerprint density at radius 1 is 0.879 bits per heavy atom. The van der Waals surface area contributed by atoms with Crippen LogP contribution in [0.1, 0.15) is 91.4 Å². The summed E-state index contributed by atoms with van der Waals surface area (Å²) in [5.41, 5.74) is 0.338. The molecule has 314 valence electrons. The van der Waals surface area contributed by atoms with Crippen molar-refractivity contribution >= 4 is 47.4 Å². The number of hydrogen-bond acceptors (Lipinski definition) is 10. The Labute approximate surface area is 338 Å². The van der Waals surface area contributed by atoms with E-state index in [2.05, 4.69) is 26.4 Å². The average molecular weight is 805 g/mol. The lowest BCUT2D eigenvalue weighted by molar-refractivity contribution is -0.163. The van der Waals surface area contributed by atoms with Crippen LogP contribution < -0.4 is 21.3 Å². The van der Waals surface area contributed by atoms with Crippen molar-refractivity contribution in [3.8, 4) is 0 Å². The molecule has 2 aromatic rings. The molecular weight excluding hydrogens is 748 g/mol. The normalized spacial score (nSPS) is 27.9. The zero-order valence-electron chi connectivity index (χ0n) is 34.1. The highest BCUT2D eigenvalue weighted by Crippen LogP contribution is 2.29. The van der Waals surface area contributed by atoms with E-state index in [0.29, 0.717) is 56.4 Å². The van der Waals surface area contributed by atoms with Gasteiger partial charge in [-0.05, 0) is 63.9 Å². The number of nitrogens with zero attached hydrogens (tertiary/aromatic N) is 4. The zero-order chi connectivity index (χ0) is 41.9. The summed E-state index contributed by atoms with van der Waals surface area (Å²) >= 11 is 0. The molecule has 0 bridgehead atoms. The topological polar surface area (TPSA) is 213 Å². The fourth-order valence-corrected chi connectivity index (χ4v) is 8.28. The number of piperidine rings is 1. The number of fused-ring (bicyclic) bond motifs is 3. The van der Waals surface area contributed by atoms with Gasteiger partial charge in [0.1, 0.15) is 48.1 Å². The number of carbonyl (C=O) groups excluding carboxylic acids is 7. The second kappa shape index (κ2) is 17.6. The Hall–Kier alpha value is -5.48. The molecule has 4 aliphatic heterocycles. The second-order valence-corrected chi connectivity index (χ2v) is 17.1. The monoisotopic (exact) mass is 804 g/mol. The van der Waals surface area contributed by atoms with Crippen LogP contribution in [0.2, 0.25) is 0 Å². The molecule has 0 aliphatic carbocycles. The SMILES string of the molecule is CC1CC2C(=O)OC(C)C(NC(=O)C(Cc3ccccc3)NC(=O)Nc3cc(C(C)(C)C)on3)C(=O)N3CCCC3C(=O)N3CCCCC3C(=O)NC(C)C(=O)N2C1. The summed E-state index contributed by atoms with van der Waals surface area (Å²) in [7, 11) is 0. The third-order valence-corrected chi connectivity index (χ3v) is 11.4. The fourth-order valence-electron chi connectivity index (χ4n) is 8.28. The van der Waals surface area contributed by atoms with Crippen LogP contribution in [0.25, 0.3) is 0 Å². The van der Waals surface area contributed by atoms with E-state index in [1.807, 2.05) is 33.8 Å². The molecule has 8 unspecified atom stereocenters. The number of esters is 1. The zero-order valence-corrected chi connectivity index (χ0v) is 34.1. The van der Waals surface area contributed by atoms with Crippen LogP contribution in [-0.4, -0.2) is 123 Å². The van der Waals surface area contributed by atoms with Crippen LogP contribution >= 0.6 is 0 Å². The van der Waals surface area contributed by atoms with Crippen molar-refractivity contribution in [2.24, 2.45) is 5.92 Å². The molecular formula is C41H56N8O9. The molecule has 0 radical (unpaired) electrons. The fraction of sp³-hybridized carbons (Fsp3) is 0.610. The minimum Gasteiger partial charge on any atom is -0.458 e. The first-order valence-electron chi connectivity index (χ1n) is 20.3. The molecule has 4 fully saturated rings. The molecule has 5 heterocycles. The van der Waals surface area contributed by atoms with Crippen LogP contribution in [0.15, 0.2) is 40.9 Å². The third-order valence-electron chi connectivity index (χ3n) is 11.4. The van der Waals surface area contributed by atoms with Crippen LogP contribution in [0, 0.1) is 5.92 Å². The summed E-state index contributed by atoms with van der Waals surface area (Å²) in [5.74, 6) is -2.91. The molecule has 0 saturated carbocycles. The standard InChI is InChI=1S/C41H56N8O9/c1-23-19-30-39(55)57-25(3)33(45-34(50)27(20-26-13-8-7-9-14-26)43-40(56)44-32-21-31(58-46-32)41(4,5)6)38(54)48-18-12-16-29(48)37(53)47-17-11-10-15-28(47)35(51)42-24(2)36(52)49(30)22-23/h7-9,13-14,21,23-25,27-30,33H,10-12,15-20,22H2,1-6H3,(H,42,51)(H,45,50)(H2,43,44,46,56). The number of anilines is 1. The number of benzene rings is 1. The van der Waals surface area contributed by atoms with Crippen molar-refractivity contribution in [2.75, 3.05) is 25.0 Å². The summed E-state index contributed by atoms with van der Waals surface area (Å²) in [6.45, 7) is 11.5. The lowest BCUT2D eigenvalue weighted by Gasteiger charge is -2.39. The Balaban J connectivity index is 1.31. The quantitative estimate of drug-likeness (QED) is 0.313. The number of nitrogens with one attached hydrogen (secondary N) is 4. The molecule has 4 N–H and O–H groups in total. The molecule has 1 aromatic carbocycles. The van der Waals surface area contributed by atoms with Gasteiger partial charge >= 0.3 is 12.0 Å². The summed E-state index contributed by atoms with van der Waals surface area (Å²) in [4.78, 5) is 103. The van der Waals surface area contributed by atoms with Crippen molar-refractivity contribution in [1.82, 2.24) is 35.8 Å². The number of amides is 7. The van der Waals surface area contributed by atoms with Gasteiger partial charge in [0, 0.05) is 37.5 Å². The van der Waals surface area contributed by atoms with Crippen LogP contribution in [0.4, 0.5) is 10.6 Å². The molecule has 17 heteroatoms. The van der Waals surface area contributed by atoms with E-state index in [1.165, 1.54) is 21.6 Å². The Morgan fingerprint density at radius 3 is 2.28 bits per heavy atom. The van der Waals surface area contributed by atoms with Gasteiger partial charge in [0.15, 0.2) is 5.82 Å². The minimum absolute atomic E-state index is 0.0275. The molecule has 17 nitrogen and oxygen atoms in total. The minimum atomic E-state index is -1.49. The van der Waals surface area contributed by atoms with Crippen molar-refractivity contribution in [3.05, 3.63) is 47.7 Å². The van der Waals surface area contributed by atoms with Gasteiger partial charge in [0.25, 0.3) is 0 Å². The van der Waals surface area contributed by atoms with E-state index in [9.17, 15) is 33.6 Å². The molecule has 0 spiro atoms. The smallest absolute Gasteiger partial charge is 0.329 e. The molecule has 4 aliphatic rings.